The Labute approximate surface area is 246 Å². The molecule has 3 amide bonds. The number of ether oxygens (including phenoxy) is 1. The molecule has 0 unspecified atom stereocenters. The smallest absolute Gasteiger partial charge is 0.244 e. The van der Waals surface area contributed by atoms with Crippen LogP contribution in [0.3, 0.4) is 0 Å². The molecule has 0 spiro atoms. The number of benzene rings is 4. The van der Waals surface area contributed by atoms with Crippen LogP contribution < -0.4 is 10.1 Å². The van der Waals surface area contributed by atoms with E-state index in [9.17, 15) is 14.4 Å². The number of para-hydroxylation sites is 1. The number of imide groups is 1. The summed E-state index contributed by atoms with van der Waals surface area (Å²) in [4.78, 5) is 39.4. The molecule has 0 aromatic heterocycles. The number of rotatable bonds is 5. The molecule has 4 aliphatic rings. The van der Waals surface area contributed by atoms with Crippen molar-refractivity contribution in [1.82, 2.24) is 4.90 Å². The van der Waals surface area contributed by atoms with Crippen molar-refractivity contribution in [3.63, 3.8) is 0 Å². The molecule has 8 rings (SSSR count). The van der Waals surface area contributed by atoms with Crippen molar-refractivity contribution in [2.24, 2.45) is 11.8 Å². The quantitative estimate of drug-likeness (QED) is 0.221. The van der Waals surface area contributed by atoms with E-state index < -0.39 is 45.9 Å². The normalized spacial score (nSPS) is 25.4. The zero-order valence-corrected chi connectivity index (χ0v) is 23.4. The first-order chi connectivity index (χ1) is 19.7. The molecule has 4 aromatic carbocycles. The summed E-state index contributed by atoms with van der Waals surface area (Å²) in [5.74, 6) is -2.03. The topological polar surface area (TPSA) is 75.7 Å². The van der Waals surface area contributed by atoms with Crippen LogP contribution in [0, 0.1) is 18.8 Å². The first-order valence-electron chi connectivity index (χ1n) is 13.3. The maximum Gasteiger partial charge on any atom is 0.244 e. The average Bonchev–Trinajstić information content (AvgIpc) is 3.24. The first-order valence-corrected chi connectivity index (χ1v) is 14.1. The Morgan fingerprint density at radius 1 is 0.756 bits per heavy atom. The van der Waals surface area contributed by atoms with Crippen LogP contribution in [0.5, 0.6) is 11.5 Å². The Bertz CT molecular complexity index is 1630. The third kappa shape index (κ3) is 3.60. The number of amides is 3. The maximum atomic E-state index is 13.9. The van der Waals surface area contributed by atoms with Gasteiger partial charge in [0.05, 0.1) is 11.8 Å². The zero-order chi connectivity index (χ0) is 28.5. The van der Waals surface area contributed by atoms with Crippen molar-refractivity contribution in [2.45, 2.75) is 16.7 Å². The molecule has 0 saturated carbocycles. The number of likely N-dealkylation sites (tertiary alicyclic amines) is 1. The SMILES string of the molecule is Cc1ccccc1Oc1ccc(NC(=O)CN2C(=O)[C@H]3[C@H](C2=O)C2(Cl)c4ccccc4C3(Cl)c3ccccc32)cc1. The van der Waals surface area contributed by atoms with Crippen LogP contribution in [0.2, 0.25) is 0 Å². The number of aryl methyl sites for hydroxylation is 1. The van der Waals surface area contributed by atoms with Crippen LogP contribution >= 0.6 is 23.2 Å². The second-order valence-electron chi connectivity index (χ2n) is 10.7. The maximum absolute atomic E-state index is 13.9. The van der Waals surface area contributed by atoms with Crippen LogP contribution in [0.15, 0.2) is 97.1 Å². The third-order valence-electron chi connectivity index (χ3n) is 8.44. The molecule has 4 aromatic rings. The van der Waals surface area contributed by atoms with Gasteiger partial charge in [0.15, 0.2) is 0 Å². The molecule has 2 bridgehead atoms. The van der Waals surface area contributed by atoms with Crippen molar-refractivity contribution < 1.29 is 19.1 Å². The van der Waals surface area contributed by atoms with Gasteiger partial charge in [0.25, 0.3) is 0 Å². The van der Waals surface area contributed by atoms with Crippen LogP contribution in [0.1, 0.15) is 27.8 Å². The van der Waals surface area contributed by atoms with Crippen molar-refractivity contribution in [3.05, 3.63) is 125 Å². The lowest BCUT2D eigenvalue weighted by Gasteiger charge is -2.54. The number of halogens is 2. The van der Waals surface area contributed by atoms with Gasteiger partial charge in [-0.3, -0.25) is 19.3 Å². The minimum absolute atomic E-state index is 0.446. The average molecular weight is 583 g/mol. The fourth-order valence-corrected chi connectivity index (χ4v) is 7.73. The zero-order valence-electron chi connectivity index (χ0n) is 21.9. The van der Waals surface area contributed by atoms with Crippen molar-refractivity contribution >= 4 is 46.6 Å². The summed E-state index contributed by atoms with van der Waals surface area (Å²) in [5.41, 5.74) is 4.39. The first kappa shape index (κ1) is 25.8. The van der Waals surface area contributed by atoms with E-state index in [-0.39, 0.29) is 0 Å². The molecule has 1 heterocycles. The second-order valence-corrected chi connectivity index (χ2v) is 11.9. The predicted octanol–water partition coefficient (Wildman–Crippen LogP) is 6.32. The summed E-state index contributed by atoms with van der Waals surface area (Å²) in [6.45, 7) is 1.51. The Hall–Kier alpha value is -4.13. The Balaban J connectivity index is 1.14. The number of anilines is 1. The Morgan fingerprint density at radius 3 is 1.71 bits per heavy atom. The highest BCUT2D eigenvalue weighted by Gasteiger charge is 2.73. The molecule has 1 aliphatic heterocycles. The molecule has 1 fully saturated rings. The lowest BCUT2D eigenvalue weighted by atomic mass is 9.54. The lowest BCUT2D eigenvalue weighted by Crippen LogP contribution is -2.57. The largest absolute Gasteiger partial charge is 0.457 e. The van der Waals surface area contributed by atoms with E-state index in [0.29, 0.717) is 11.4 Å². The van der Waals surface area contributed by atoms with Gasteiger partial charge in [-0.15, -0.1) is 23.2 Å². The highest BCUT2D eigenvalue weighted by Crippen LogP contribution is 2.69. The molecule has 1 N–H and O–H groups in total. The summed E-state index contributed by atoms with van der Waals surface area (Å²) in [6.07, 6.45) is 0. The summed E-state index contributed by atoms with van der Waals surface area (Å²) in [5, 5.41) is 2.78. The number of alkyl halides is 2. The van der Waals surface area contributed by atoms with E-state index in [1.165, 1.54) is 0 Å². The summed E-state index contributed by atoms with van der Waals surface area (Å²) in [7, 11) is 0. The number of nitrogens with zero attached hydrogens (tertiary/aromatic N) is 1. The molecule has 0 radical (unpaired) electrons. The lowest BCUT2D eigenvalue weighted by molar-refractivity contribution is -0.142. The van der Waals surface area contributed by atoms with Gasteiger partial charge in [-0.1, -0.05) is 66.7 Å². The van der Waals surface area contributed by atoms with Crippen molar-refractivity contribution in [2.75, 3.05) is 11.9 Å². The van der Waals surface area contributed by atoms with Crippen molar-refractivity contribution in [3.8, 4) is 11.5 Å². The van der Waals surface area contributed by atoms with Gasteiger partial charge < -0.3 is 10.1 Å². The van der Waals surface area contributed by atoms with Crippen LogP contribution in [0.25, 0.3) is 0 Å². The van der Waals surface area contributed by atoms with Crippen LogP contribution in [-0.2, 0) is 24.1 Å². The van der Waals surface area contributed by atoms with Gasteiger partial charge in [0.1, 0.15) is 27.8 Å². The number of hydrogen-bond donors (Lipinski definition) is 1. The number of nitrogens with one attached hydrogen (secondary N) is 1. The molecular weight excluding hydrogens is 559 g/mol. The molecule has 2 atom stereocenters. The summed E-state index contributed by atoms with van der Waals surface area (Å²) >= 11 is 14.9. The fourth-order valence-electron chi connectivity index (χ4n) is 6.63. The van der Waals surface area contributed by atoms with E-state index in [0.717, 1.165) is 38.5 Å². The van der Waals surface area contributed by atoms with Gasteiger partial charge in [0, 0.05) is 5.69 Å². The number of carbonyl (C=O) groups is 3. The van der Waals surface area contributed by atoms with Gasteiger partial charge in [-0.05, 0) is 65.1 Å². The Morgan fingerprint density at radius 2 is 1.22 bits per heavy atom. The molecule has 8 heteroatoms. The molecule has 204 valence electrons. The second kappa shape index (κ2) is 9.20. The molecular formula is C33H24Cl2N2O4. The minimum Gasteiger partial charge on any atom is -0.457 e. The third-order valence-corrected chi connectivity index (χ3v) is 9.72. The highest BCUT2D eigenvalue weighted by molar-refractivity contribution is 6.36. The summed E-state index contributed by atoms with van der Waals surface area (Å²) in [6, 6.07) is 29.4. The molecule has 3 aliphatic carbocycles. The highest BCUT2D eigenvalue weighted by atomic mass is 35.5. The minimum atomic E-state index is -1.28. The monoisotopic (exact) mass is 582 g/mol. The molecule has 6 nitrogen and oxygen atoms in total. The van der Waals surface area contributed by atoms with Gasteiger partial charge in [-0.2, -0.15) is 0 Å². The number of hydrogen-bond acceptors (Lipinski definition) is 4. The Kier molecular flexibility index (Phi) is 5.79. The molecule has 41 heavy (non-hydrogen) atoms. The van der Waals surface area contributed by atoms with Crippen LogP contribution in [0.4, 0.5) is 5.69 Å². The molecule has 1 saturated heterocycles. The van der Waals surface area contributed by atoms with E-state index >= 15 is 0 Å². The van der Waals surface area contributed by atoms with Gasteiger partial charge in [-0.25, -0.2) is 0 Å². The van der Waals surface area contributed by atoms with Crippen LogP contribution in [-0.4, -0.2) is 29.2 Å². The standard InChI is InChI=1S/C33H24Cl2N2O4/c1-19-8-2-7-13-26(19)41-21-16-14-20(15-17-21)36-27(38)18-37-30(39)28-29(31(37)40)33(35)23-10-4-3-9-22(23)32(28,34)24-11-5-6-12-25(24)33/h2-17,28-29H,18H2,1H3,(H,36,38)/t28-,29-,32?,33?/m1/s1. The summed E-state index contributed by atoms with van der Waals surface area (Å²) < 4.78 is 5.92. The van der Waals surface area contributed by atoms with E-state index in [4.69, 9.17) is 27.9 Å². The predicted molar refractivity (Wildman–Crippen MR) is 156 cm³/mol. The van der Waals surface area contributed by atoms with Gasteiger partial charge in [0.2, 0.25) is 17.7 Å². The van der Waals surface area contributed by atoms with Gasteiger partial charge >= 0.3 is 0 Å². The van der Waals surface area contributed by atoms with E-state index in [2.05, 4.69) is 5.32 Å². The van der Waals surface area contributed by atoms with E-state index in [1.54, 1.807) is 24.3 Å². The fraction of sp³-hybridized carbons (Fsp3) is 0.182. The van der Waals surface area contributed by atoms with Crippen molar-refractivity contribution in [1.29, 1.82) is 0 Å². The number of carbonyl (C=O) groups excluding carboxylic acids is 3. The van der Waals surface area contributed by atoms with E-state index in [1.807, 2.05) is 79.7 Å².